The van der Waals surface area contributed by atoms with Gasteiger partial charge in [-0.05, 0) is 37.8 Å². The number of nitrogens with zero attached hydrogens (tertiary/aromatic N) is 1. The lowest BCUT2D eigenvalue weighted by Gasteiger charge is -2.22. The van der Waals surface area contributed by atoms with Crippen LogP contribution in [0.5, 0.6) is 0 Å². The average Bonchev–Trinajstić information content (AvgIpc) is 2.96. The topological polar surface area (TPSA) is 46.3 Å². The van der Waals surface area contributed by atoms with Crippen molar-refractivity contribution in [2.75, 3.05) is 13.1 Å². The largest absolute Gasteiger partial charge is 0.334 e. The molecule has 3 nitrogen and oxygen atoms in total. The molecule has 0 saturated carbocycles. The highest BCUT2D eigenvalue weighted by Gasteiger charge is 2.29. The molecule has 0 aliphatic carbocycles. The van der Waals surface area contributed by atoms with Gasteiger partial charge in [0.2, 0.25) is 0 Å². The normalized spacial score (nSPS) is 19.5. The number of hydrogen-bond donors (Lipinski definition) is 1. The van der Waals surface area contributed by atoms with Gasteiger partial charge in [-0.2, -0.15) is 0 Å². The molecule has 1 aromatic rings. The number of likely N-dealkylation sites (tertiary alicyclic amines) is 1. The van der Waals surface area contributed by atoms with Crippen LogP contribution in [0.1, 0.15) is 46.3 Å². The molecule has 0 spiro atoms. The van der Waals surface area contributed by atoms with Gasteiger partial charge in [-0.3, -0.25) is 4.79 Å². The van der Waals surface area contributed by atoms with Crippen LogP contribution in [0.4, 0.5) is 0 Å². The lowest BCUT2D eigenvalue weighted by molar-refractivity contribution is 0.0746. The Morgan fingerprint density at radius 1 is 1.61 bits per heavy atom. The van der Waals surface area contributed by atoms with Crippen LogP contribution in [0.25, 0.3) is 0 Å². The van der Waals surface area contributed by atoms with Crippen molar-refractivity contribution < 1.29 is 4.79 Å². The Morgan fingerprint density at radius 2 is 2.39 bits per heavy atom. The zero-order valence-electron chi connectivity index (χ0n) is 11.2. The Morgan fingerprint density at radius 3 is 3.06 bits per heavy atom. The number of rotatable bonds is 4. The summed E-state index contributed by atoms with van der Waals surface area (Å²) in [6, 6.07) is 2.33. The SMILES string of the molecule is CCCc1cc(C(=O)N2CCCC2CN)sc1C. The first kappa shape index (κ1) is 13.6. The van der Waals surface area contributed by atoms with Gasteiger partial charge < -0.3 is 10.6 Å². The van der Waals surface area contributed by atoms with Crippen molar-refractivity contribution in [3.63, 3.8) is 0 Å². The monoisotopic (exact) mass is 266 g/mol. The Balaban J connectivity index is 2.15. The molecule has 0 aromatic carbocycles. The van der Waals surface area contributed by atoms with Crippen molar-refractivity contribution in [2.45, 2.75) is 45.6 Å². The summed E-state index contributed by atoms with van der Waals surface area (Å²) in [6.45, 7) is 5.72. The molecular formula is C14H22N2OS. The molecule has 4 heteroatoms. The standard InChI is InChI=1S/C14H22N2OS/c1-3-5-11-8-13(18-10(11)2)14(17)16-7-4-6-12(16)9-15/h8,12H,3-7,9,15H2,1-2H3. The summed E-state index contributed by atoms with van der Waals surface area (Å²) in [4.78, 5) is 16.6. The minimum atomic E-state index is 0.179. The number of aryl methyl sites for hydroxylation is 2. The molecule has 1 unspecified atom stereocenters. The Hall–Kier alpha value is -0.870. The number of amides is 1. The Bertz CT molecular complexity index is 427. The van der Waals surface area contributed by atoms with Gasteiger partial charge in [-0.25, -0.2) is 0 Å². The second-order valence-corrected chi connectivity index (χ2v) is 6.23. The van der Waals surface area contributed by atoms with E-state index in [1.807, 2.05) is 4.90 Å². The van der Waals surface area contributed by atoms with Crippen molar-refractivity contribution in [3.8, 4) is 0 Å². The van der Waals surface area contributed by atoms with E-state index in [9.17, 15) is 4.79 Å². The Kier molecular flexibility index (Phi) is 4.40. The summed E-state index contributed by atoms with van der Waals surface area (Å²) in [5.74, 6) is 0.179. The number of carbonyl (C=O) groups excluding carboxylic acids is 1. The number of nitrogens with two attached hydrogens (primary N) is 1. The molecule has 1 fully saturated rings. The summed E-state index contributed by atoms with van der Waals surface area (Å²) >= 11 is 1.63. The van der Waals surface area contributed by atoms with Crippen LogP contribution in [-0.2, 0) is 6.42 Å². The second kappa shape index (κ2) is 5.85. The van der Waals surface area contributed by atoms with E-state index < -0.39 is 0 Å². The van der Waals surface area contributed by atoms with Gasteiger partial charge in [0, 0.05) is 24.0 Å². The summed E-state index contributed by atoms with van der Waals surface area (Å²) in [5, 5.41) is 0. The van der Waals surface area contributed by atoms with Crippen molar-refractivity contribution >= 4 is 17.2 Å². The molecule has 1 aromatic heterocycles. The van der Waals surface area contributed by atoms with E-state index in [1.54, 1.807) is 11.3 Å². The lowest BCUT2D eigenvalue weighted by Crippen LogP contribution is -2.39. The maximum absolute atomic E-state index is 12.5. The summed E-state index contributed by atoms with van der Waals surface area (Å²) in [6.07, 6.45) is 4.32. The van der Waals surface area contributed by atoms with Gasteiger partial charge in [-0.15, -0.1) is 11.3 Å². The molecule has 0 radical (unpaired) electrons. The predicted molar refractivity (Wildman–Crippen MR) is 76.2 cm³/mol. The van der Waals surface area contributed by atoms with Crippen LogP contribution < -0.4 is 5.73 Å². The minimum Gasteiger partial charge on any atom is -0.334 e. The molecule has 1 atom stereocenters. The molecule has 1 aliphatic heterocycles. The lowest BCUT2D eigenvalue weighted by atomic mass is 10.1. The zero-order valence-corrected chi connectivity index (χ0v) is 12.1. The molecule has 0 bridgehead atoms. The van der Waals surface area contributed by atoms with Crippen molar-refractivity contribution in [1.82, 2.24) is 4.90 Å². The predicted octanol–water partition coefficient (Wildman–Crippen LogP) is 2.57. The first-order valence-electron chi connectivity index (χ1n) is 6.77. The molecule has 2 rings (SSSR count). The highest BCUT2D eigenvalue weighted by Crippen LogP contribution is 2.27. The number of carbonyl (C=O) groups is 1. The third kappa shape index (κ3) is 2.59. The van der Waals surface area contributed by atoms with E-state index in [0.29, 0.717) is 6.54 Å². The maximum atomic E-state index is 12.5. The quantitative estimate of drug-likeness (QED) is 0.910. The summed E-state index contributed by atoms with van der Waals surface area (Å²) in [7, 11) is 0. The van der Waals surface area contributed by atoms with Crippen LogP contribution in [0.3, 0.4) is 0 Å². The van der Waals surface area contributed by atoms with Crippen molar-refractivity contribution in [1.29, 1.82) is 0 Å². The minimum absolute atomic E-state index is 0.179. The zero-order chi connectivity index (χ0) is 13.1. The Labute approximate surface area is 113 Å². The van der Waals surface area contributed by atoms with Gasteiger partial charge in [0.25, 0.3) is 5.91 Å². The highest BCUT2D eigenvalue weighted by molar-refractivity contribution is 7.14. The van der Waals surface area contributed by atoms with E-state index in [-0.39, 0.29) is 11.9 Å². The van der Waals surface area contributed by atoms with Gasteiger partial charge in [0.05, 0.1) is 4.88 Å². The fraction of sp³-hybridized carbons (Fsp3) is 0.643. The molecule has 1 saturated heterocycles. The van der Waals surface area contributed by atoms with Gasteiger partial charge in [0.15, 0.2) is 0 Å². The van der Waals surface area contributed by atoms with Crippen LogP contribution in [-0.4, -0.2) is 29.9 Å². The summed E-state index contributed by atoms with van der Waals surface area (Å²) in [5.41, 5.74) is 7.06. The van der Waals surface area contributed by atoms with E-state index >= 15 is 0 Å². The van der Waals surface area contributed by atoms with E-state index in [2.05, 4.69) is 19.9 Å². The van der Waals surface area contributed by atoms with Crippen LogP contribution in [0.15, 0.2) is 6.07 Å². The summed E-state index contributed by atoms with van der Waals surface area (Å²) < 4.78 is 0. The van der Waals surface area contributed by atoms with Crippen molar-refractivity contribution in [2.24, 2.45) is 5.73 Å². The molecule has 100 valence electrons. The first-order valence-corrected chi connectivity index (χ1v) is 7.59. The van der Waals surface area contributed by atoms with Gasteiger partial charge in [-0.1, -0.05) is 13.3 Å². The fourth-order valence-electron chi connectivity index (χ4n) is 2.63. The molecule has 1 amide bonds. The van der Waals surface area contributed by atoms with Gasteiger partial charge in [0.1, 0.15) is 0 Å². The van der Waals surface area contributed by atoms with Gasteiger partial charge >= 0.3 is 0 Å². The number of thiophene rings is 1. The van der Waals surface area contributed by atoms with E-state index in [0.717, 1.165) is 37.1 Å². The first-order chi connectivity index (χ1) is 8.67. The molecule has 18 heavy (non-hydrogen) atoms. The fourth-order valence-corrected chi connectivity index (χ4v) is 3.66. The molecule has 1 aliphatic rings. The third-order valence-electron chi connectivity index (χ3n) is 3.66. The molecular weight excluding hydrogens is 244 g/mol. The highest BCUT2D eigenvalue weighted by atomic mass is 32.1. The molecule has 2 N–H and O–H groups in total. The second-order valence-electron chi connectivity index (χ2n) is 4.97. The van der Waals surface area contributed by atoms with E-state index in [4.69, 9.17) is 5.73 Å². The maximum Gasteiger partial charge on any atom is 0.264 e. The molecule has 2 heterocycles. The smallest absolute Gasteiger partial charge is 0.264 e. The average molecular weight is 266 g/mol. The number of hydrogen-bond acceptors (Lipinski definition) is 3. The van der Waals surface area contributed by atoms with Crippen LogP contribution >= 0.6 is 11.3 Å². The third-order valence-corrected chi connectivity index (χ3v) is 4.74. The van der Waals surface area contributed by atoms with Crippen LogP contribution in [0.2, 0.25) is 0 Å². The van der Waals surface area contributed by atoms with Crippen LogP contribution in [0, 0.1) is 6.92 Å². The van der Waals surface area contributed by atoms with Crippen molar-refractivity contribution in [3.05, 3.63) is 21.4 Å². The van der Waals surface area contributed by atoms with E-state index in [1.165, 1.54) is 10.4 Å².